The third-order valence-corrected chi connectivity index (χ3v) is 5.53. The Hall–Kier alpha value is -1.22. The van der Waals surface area contributed by atoms with E-state index in [1.807, 2.05) is 0 Å². The molecule has 9 heteroatoms. The highest BCUT2D eigenvalue weighted by molar-refractivity contribution is 7.89. The maximum Gasteiger partial charge on any atom is 0.273 e. The molecule has 0 saturated carbocycles. The molecule has 1 aromatic carbocycles. The van der Waals surface area contributed by atoms with Crippen LogP contribution in [0.2, 0.25) is 0 Å². The number of nitro groups is 1. The summed E-state index contributed by atoms with van der Waals surface area (Å²) < 4.78 is 26.4. The Bertz CT molecular complexity index is 635. The van der Waals surface area contributed by atoms with E-state index in [1.54, 1.807) is 6.92 Å². The quantitative estimate of drug-likeness (QED) is 0.661. The van der Waals surface area contributed by atoms with Crippen molar-refractivity contribution in [3.63, 3.8) is 0 Å². The summed E-state index contributed by atoms with van der Waals surface area (Å²) >= 11 is 0. The predicted molar refractivity (Wildman–Crippen MR) is 81.0 cm³/mol. The number of nitrogens with zero attached hydrogens (tertiary/aromatic N) is 2. The summed E-state index contributed by atoms with van der Waals surface area (Å²) in [7, 11) is -3.72. The molecule has 1 saturated heterocycles. The number of hydrogen-bond acceptors (Lipinski definition) is 5. The summed E-state index contributed by atoms with van der Waals surface area (Å²) in [6.45, 7) is 2.24. The summed E-state index contributed by atoms with van der Waals surface area (Å²) in [5, 5.41) is 10.9. The molecule has 1 fully saturated rings. The van der Waals surface area contributed by atoms with Gasteiger partial charge in [0.05, 0.1) is 9.82 Å². The zero-order chi connectivity index (χ0) is 14.9. The first-order chi connectivity index (χ1) is 9.37. The monoisotopic (exact) mass is 335 g/mol. The van der Waals surface area contributed by atoms with Crippen molar-refractivity contribution in [3.05, 3.63) is 33.9 Å². The van der Waals surface area contributed by atoms with Crippen LogP contribution in [0.5, 0.6) is 0 Å². The summed E-state index contributed by atoms with van der Waals surface area (Å²) in [5.74, 6) is 0. The molecule has 0 radical (unpaired) electrons. The normalized spacial score (nSPS) is 19.2. The van der Waals surface area contributed by atoms with Gasteiger partial charge < -0.3 is 5.73 Å². The lowest BCUT2D eigenvalue weighted by Crippen LogP contribution is -2.39. The molecule has 1 heterocycles. The van der Waals surface area contributed by atoms with E-state index in [9.17, 15) is 18.5 Å². The lowest BCUT2D eigenvalue weighted by atomic mass is 10.2. The van der Waals surface area contributed by atoms with E-state index in [-0.39, 0.29) is 35.6 Å². The van der Waals surface area contributed by atoms with Gasteiger partial charge in [-0.2, -0.15) is 4.31 Å². The fourth-order valence-corrected chi connectivity index (χ4v) is 4.17. The topological polar surface area (TPSA) is 107 Å². The Morgan fingerprint density at radius 1 is 1.48 bits per heavy atom. The molecule has 7 nitrogen and oxygen atoms in total. The molecular weight excluding hydrogens is 318 g/mol. The second kappa shape index (κ2) is 6.69. The minimum Gasteiger partial charge on any atom is -0.329 e. The number of nitro benzene ring substituents is 1. The SMILES string of the molecule is Cc1ccc(S(=O)(=O)N2CCCC2CN)cc1[N+](=O)[O-].Cl. The van der Waals surface area contributed by atoms with Crippen LogP contribution in [0.4, 0.5) is 5.69 Å². The number of hydrogen-bond donors (Lipinski definition) is 1. The maximum absolute atomic E-state index is 12.5. The van der Waals surface area contributed by atoms with Crippen molar-refractivity contribution >= 4 is 28.1 Å². The van der Waals surface area contributed by atoms with Crippen LogP contribution < -0.4 is 5.73 Å². The Kier molecular flexibility index (Phi) is 5.68. The molecule has 0 aromatic heterocycles. The van der Waals surface area contributed by atoms with Crippen LogP contribution in [-0.2, 0) is 10.0 Å². The highest BCUT2D eigenvalue weighted by Crippen LogP contribution is 2.28. The van der Waals surface area contributed by atoms with E-state index in [4.69, 9.17) is 5.73 Å². The third kappa shape index (κ3) is 3.34. The first-order valence-corrected chi connectivity index (χ1v) is 7.79. The van der Waals surface area contributed by atoms with Gasteiger partial charge in [-0.3, -0.25) is 10.1 Å². The van der Waals surface area contributed by atoms with Gasteiger partial charge in [0.1, 0.15) is 0 Å². The van der Waals surface area contributed by atoms with E-state index < -0.39 is 14.9 Å². The fourth-order valence-electron chi connectivity index (χ4n) is 2.44. The first kappa shape index (κ1) is 17.8. The molecule has 2 N–H and O–H groups in total. The number of sulfonamides is 1. The van der Waals surface area contributed by atoms with E-state index in [2.05, 4.69) is 0 Å². The second-order valence-electron chi connectivity index (χ2n) is 4.85. The number of halogens is 1. The molecule has 1 unspecified atom stereocenters. The van der Waals surface area contributed by atoms with E-state index >= 15 is 0 Å². The first-order valence-electron chi connectivity index (χ1n) is 6.35. The van der Waals surface area contributed by atoms with Gasteiger partial charge in [-0.05, 0) is 25.8 Å². The number of rotatable bonds is 4. The zero-order valence-corrected chi connectivity index (χ0v) is 13.2. The van der Waals surface area contributed by atoms with Crippen molar-refractivity contribution < 1.29 is 13.3 Å². The Morgan fingerprint density at radius 3 is 2.71 bits per heavy atom. The fraction of sp³-hybridized carbons (Fsp3) is 0.500. The third-order valence-electron chi connectivity index (χ3n) is 3.58. The molecule has 1 aliphatic heterocycles. The number of aryl methyl sites for hydroxylation is 1. The minimum atomic E-state index is -3.72. The standard InChI is InChI=1S/C12H17N3O4S.ClH/c1-9-4-5-11(7-12(9)15(16)17)20(18,19)14-6-2-3-10(14)8-13;/h4-5,7,10H,2-3,6,8,13H2,1H3;1H. The summed E-state index contributed by atoms with van der Waals surface area (Å²) in [5.41, 5.74) is 5.84. The van der Waals surface area contributed by atoms with Crippen LogP contribution in [0.25, 0.3) is 0 Å². The largest absolute Gasteiger partial charge is 0.329 e. The van der Waals surface area contributed by atoms with Crippen molar-refractivity contribution in [1.82, 2.24) is 4.31 Å². The molecular formula is C12H18ClN3O4S. The zero-order valence-electron chi connectivity index (χ0n) is 11.6. The second-order valence-corrected chi connectivity index (χ2v) is 6.74. The predicted octanol–water partition coefficient (Wildman–Crippen LogP) is 1.44. The van der Waals surface area contributed by atoms with Gasteiger partial charge in [0, 0.05) is 30.8 Å². The van der Waals surface area contributed by atoms with Gasteiger partial charge in [0.15, 0.2) is 0 Å². The van der Waals surface area contributed by atoms with Gasteiger partial charge >= 0.3 is 0 Å². The molecule has 0 aliphatic carbocycles. The van der Waals surface area contributed by atoms with Crippen LogP contribution in [0.1, 0.15) is 18.4 Å². The summed E-state index contributed by atoms with van der Waals surface area (Å²) in [6, 6.07) is 3.76. The number of nitrogens with two attached hydrogens (primary N) is 1. The van der Waals surface area contributed by atoms with Gasteiger partial charge in [-0.25, -0.2) is 8.42 Å². The average Bonchev–Trinajstić information content (AvgIpc) is 2.87. The minimum absolute atomic E-state index is 0. The van der Waals surface area contributed by atoms with Crippen LogP contribution in [0, 0.1) is 17.0 Å². The van der Waals surface area contributed by atoms with Gasteiger partial charge in [-0.1, -0.05) is 6.07 Å². The lowest BCUT2D eigenvalue weighted by Gasteiger charge is -2.22. The molecule has 1 aromatic rings. The van der Waals surface area contributed by atoms with Crippen LogP contribution in [-0.4, -0.2) is 36.8 Å². The van der Waals surface area contributed by atoms with E-state index in [0.717, 1.165) is 18.9 Å². The van der Waals surface area contributed by atoms with Crippen molar-refractivity contribution in [3.8, 4) is 0 Å². The van der Waals surface area contributed by atoms with Crippen molar-refractivity contribution in [2.45, 2.75) is 30.7 Å². The van der Waals surface area contributed by atoms with Crippen molar-refractivity contribution in [2.75, 3.05) is 13.1 Å². The highest BCUT2D eigenvalue weighted by Gasteiger charge is 2.35. The Morgan fingerprint density at radius 2 is 2.14 bits per heavy atom. The molecule has 0 amide bonds. The van der Waals surface area contributed by atoms with Crippen LogP contribution in [0.15, 0.2) is 23.1 Å². The molecule has 1 aliphatic rings. The Labute approximate surface area is 129 Å². The average molecular weight is 336 g/mol. The van der Waals surface area contributed by atoms with Crippen LogP contribution >= 0.6 is 12.4 Å². The van der Waals surface area contributed by atoms with Gasteiger partial charge in [-0.15, -0.1) is 12.4 Å². The number of benzene rings is 1. The van der Waals surface area contributed by atoms with E-state index in [0.29, 0.717) is 12.1 Å². The van der Waals surface area contributed by atoms with Gasteiger partial charge in [0.2, 0.25) is 10.0 Å². The van der Waals surface area contributed by atoms with Crippen LogP contribution in [0.3, 0.4) is 0 Å². The summed E-state index contributed by atoms with van der Waals surface area (Å²) in [6.07, 6.45) is 1.48. The van der Waals surface area contributed by atoms with Crippen molar-refractivity contribution in [1.29, 1.82) is 0 Å². The lowest BCUT2D eigenvalue weighted by molar-refractivity contribution is -0.385. The highest BCUT2D eigenvalue weighted by atomic mass is 35.5. The molecule has 1 atom stereocenters. The molecule has 118 valence electrons. The summed E-state index contributed by atoms with van der Waals surface area (Å²) in [4.78, 5) is 10.3. The Balaban J connectivity index is 0.00000220. The molecule has 2 rings (SSSR count). The molecule has 0 spiro atoms. The molecule has 0 bridgehead atoms. The molecule has 21 heavy (non-hydrogen) atoms. The maximum atomic E-state index is 12.5. The smallest absolute Gasteiger partial charge is 0.273 e. The van der Waals surface area contributed by atoms with Gasteiger partial charge in [0.25, 0.3) is 5.69 Å². The van der Waals surface area contributed by atoms with E-state index in [1.165, 1.54) is 16.4 Å². The van der Waals surface area contributed by atoms with Crippen molar-refractivity contribution in [2.24, 2.45) is 5.73 Å².